The Kier molecular flexibility index (Phi) is 5.13. The van der Waals surface area contributed by atoms with Crippen molar-refractivity contribution in [3.63, 3.8) is 0 Å². The summed E-state index contributed by atoms with van der Waals surface area (Å²) < 4.78 is 1.56. The highest BCUT2D eigenvalue weighted by atomic mass is 79.9. The largest absolute Gasteiger partial charge is 0.321 e. The van der Waals surface area contributed by atoms with Crippen LogP contribution in [0, 0.1) is 6.92 Å². The number of carbonyl (C=O) groups is 1. The van der Waals surface area contributed by atoms with Crippen molar-refractivity contribution in [1.29, 1.82) is 0 Å². The molecule has 0 atom stereocenters. The van der Waals surface area contributed by atoms with E-state index < -0.39 is 0 Å². The molecule has 0 radical (unpaired) electrons. The molecule has 2 aromatic carbocycles. The molecule has 2 rings (SSSR count). The van der Waals surface area contributed by atoms with Gasteiger partial charge in [-0.3, -0.25) is 4.79 Å². The van der Waals surface area contributed by atoms with Crippen molar-refractivity contribution >= 4 is 66.7 Å². The number of carbonyl (C=O) groups excluding carboxylic acids is 1. The fourth-order valence-electron chi connectivity index (χ4n) is 1.55. The lowest BCUT2D eigenvalue weighted by atomic mass is 10.1. The third-order valence-corrected chi connectivity index (χ3v) is 5.34. The molecule has 0 heterocycles. The summed E-state index contributed by atoms with van der Waals surface area (Å²) in [6.07, 6.45) is 0. The van der Waals surface area contributed by atoms with Crippen LogP contribution in [0.3, 0.4) is 0 Å². The molecular weight excluding hydrogens is 429 g/mol. The minimum absolute atomic E-state index is 0.244. The summed E-state index contributed by atoms with van der Waals surface area (Å²) in [7, 11) is 0. The van der Waals surface area contributed by atoms with Gasteiger partial charge in [0.05, 0.1) is 15.7 Å². The average Bonchev–Trinajstić information content (AvgIpc) is 2.42. The second kappa shape index (κ2) is 6.48. The molecule has 0 aliphatic heterocycles. The number of halogens is 4. The van der Waals surface area contributed by atoms with Crippen molar-refractivity contribution in [3.05, 3.63) is 60.4 Å². The van der Waals surface area contributed by atoms with Crippen molar-refractivity contribution in [2.45, 2.75) is 6.92 Å². The number of benzene rings is 2. The SMILES string of the molecule is Cc1ccc(C(=O)Nc2ccc(Br)c(Cl)c2Cl)cc1Br. The summed E-state index contributed by atoms with van der Waals surface area (Å²) in [4.78, 5) is 12.2. The zero-order valence-corrected chi connectivity index (χ0v) is 15.0. The average molecular weight is 438 g/mol. The molecule has 0 spiro atoms. The Morgan fingerprint density at radius 2 is 1.75 bits per heavy atom. The molecular formula is C14H9Br2Cl2NO. The van der Waals surface area contributed by atoms with E-state index in [-0.39, 0.29) is 5.91 Å². The monoisotopic (exact) mass is 435 g/mol. The topological polar surface area (TPSA) is 29.1 Å². The number of anilines is 1. The van der Waals surface area contributed by atoms with E-state index in [0.29, 0.717) is 25.8 Å². The Morgan fingerprint density at radius 3 is 2.40 bits per heavy atom. The van der Waals surface area contributed by atoms with Gasteiger partial charge in [0, 0.05) is 14.5 Å². The molecule has 0 fully saturated rings. The zero-order chi connectivity index (χ0) is 14.9. The highest BCUT2D eigenvalue weighted by Crippen LogP contribution is 2.36. The highest BCUT2D eigenvalue weighted by molar-refractivity contribution is 9.10. The van der Waals surface area contributed by atoms with E-state index in [0.717, 1.165) is 10.0 Å². The molecule has 2 nitrogen and oxygen atoms in total. The van der Waals surface area contributed by atoms with Gasteiger partial charge in [0.1, 0.15) is 0 Å². The van der Waals surface area contributed by atoms with E-state index in [1.54, 1.807) is 24.3 Å². The lowest BCUT2D eigenvalue weighted by Crippen LogP contribution is -2.12. The summed E-state index contributed by atoms with van der Waals surface area (Å²) >= 11 is 18.8. The van der Waals surface area contributed by atoms with Crippen LogP contribution >= 0.6 is 55.1 Å². The Labute approximate surface area is 143 Å². The van der Waals surface area contributed by atoms with E-state index >= 15 is 0 Å². The first-order valence-corrected chi connectivity index (χ1v) is 7.95. The van der Waals surface area contributed by atoms with E-state index in [1.807, 2.05) is 13.0 Å². The molecule has 1 N–H and O–H groups in total. The number of amides is 1. The molecule has 0 bridgehead atoms. The molecule has 1 amide bonds. The Bertz CT molecular complexity index is 689. The number of hydrogen-bond acceptors (Lipinski definition) is 1. The summed E-state index contributed by atoms with van der Waals surface area (Å²) in [6, 6.07) is 8.81. The minimum atomic E-state index is -0.244. The predicted molar refractivity (Wildman–Crippen MR) is 91.0 cm³/mol. The van der Waals surface area contributed by atoms with Crippen LogP contribution < -0.4 is 5.32 Å². The van der Waals surface area contributed by atoms with Crippen LogP contribution in [0.25, 0.3) is 0 Å². The van der Waals surface area contributed by atoms with E-state index in [2.05, 4.69) is 37.2 Å². The second-order valence-corrected chi connectivity index (χ2v) is 6.61. The number of nitrogens with one attached hydrogen (secondary N) is 1. The van der Waals surface area contributed by atoms with Gasteiger partial charge >= 0.3 is 0 Å². The standard InChI is InChI=1S/C14H9Br2Cl2NO/c1-7-2-3-8(6-10(7)16)14(20)19-11-5-4-9(15)12(17)13(11)18/h2-6H,1H3,(H,19,20). The van der Waals surface area contributed by atoms with Gasteiger partial charge in [-0.1, -0.05) is 45.2 Å². The van der Waals surface area contributed by atoms with Crippen LogP contribution in [0.5, 0.6) is 0 Å². The van der Waals surface area contributed by atoms with Crippen LogP contribution in [0.4, 0.5) is 5.69 Å². The zero-order valence-electron chi connectivity index (χ0n) is 10.3. The maximum Gasteiger partial charge on any atom is 0.255 e. The van der Waals surface area contributed by atoms with Gasteiger partial charge < -0.3 is 5.32 Å². The van der Waals surface area contributed by atoms with E-state index in [9.17, 15) is 4.79 Å². The molecule has 0 saturated carbocycles. The van der Waals surface area contributed by atoms with Gasteiger partial charge in [-0.2, -0.15) is 0 Å². The normalized spacial score (nSPS) is 10.4. The second-order valence-electron chi connectivity index (χ2n) is 4.14. The molecule has 6 heteroatoms. The highest BCUT2D eigenvalue weighted by Gasteiger charge is 2.13. The lowest BCUT2D eigenvalue weighted by Gasteiger charge is -2.10. The van der Waals surface area contributed by atoms with Crippen molar-refractivity contribution in [2.24, 2.45) is 0 Å². The number of rotatable bonds is 2. The van der Waals surface area contributed by atoms with Crippen molar-refractivity contribution in [1.82, 2.24) is 0 Å². The Balaban J connectivity index is 2.28. The molecule has 0 saturated heterocycles. The quantitative estimate of drug-likeness (QED) is 0.567. The molecule has 0 aliphatic carbocycles. The Morgan fingerprint density at radius 1 is 1.05 bits per heavy atom. The molecule has 20 heavy (non-hydrogen) atoms. The van der Waals surface area contributed by atoms with Crippen LogP contribution in [0.15, 0.2) is 39.3 Å². The van der Waals surface area contributed by atoms with Crippen molar-refractivity contribution < 1.29 is 4.79 Å². The first kappa shape index (κ1) is 15.8. The fourth-order valence-corrected chi connectivity index (χ4v) is 2.75. The van der Waals surface area contributed by atoms with Crippen LogP contribution in [-0.4, -0.2) is 5.91 Å². The van der Waals surface area contributed by atoms with Gasteiger partial charge in [0.2, 0.25) is 0 Å². The maximum absolute atomic E-state index is 12.2. The van der Waals surface area contributed by atoms with Gasteiger partial charge in [-0.05, 0) is 52.7 Å². The molecule has 104 valence electrons. The van der Waals surface area contributed by atoms with Crippen LogP contribution in [0.2, 0.25) is 10.0 Å². The molecule has 0 aromatic heterocycles. The number of hydrogen-bond donors (Lipinski definition) is 1. The smallest absolute Gasteiger partial charge is 0.255 e. The van der Waals surface area contributed by atoms with Crippen LogP contribution in [-0.2, 0) is 0 Å². The lowest BCUT2D eigenvalue weighted by molar-refractivity contribution is 0.102. The predicted octanol–water partition coefficient (Wildman–Crippen LogP) is 6.08. The number of aryl methyl sites for hydroxylation is 1. The van der Waals surface area contributed by atoms with E-state index in [4.69, 9.17) is 23.2 Å². The first-order valence-electron chi connectivity index (χ1n) is 5.61. The van der Waals surface area contributed by atoms with Gasteiger partial charge in [-0.15, -0.1) is 0 Å². The summed E-state index contributed by atoms with van der Waals surface area (Å²) in [5.74, 6) is -0.244. The fraction of sp³-hybridized carbons (Fsp3) is 0.0714. The van der Waals surface area contributed by atoms with Gasteiger partial charge in [0.25, 0.3) is 5.91 Å². The summed E-state index contributed by atoms with van der Waals surface area (Å²) in [5, 5.41) is 3.42. The Hall–Kier alpha value is -0.550. The first-order chi connectivity index (χ1) is 9.40. The molecule has 2 aromatic rings. The van der Waals surface area contributed by atoms with Crippen LogP contribution in [0.1, 0.15) is 15.9 Å². The molecule has 0 aliphatic rings. The molecule has 0 unspecified atom stereocenters. The van der Waals surface area contributed by atoms with Crippen molar-refractivity contribution in [2.75, 3.05) is 5.32 Å². The minimum Gasteiger partial charge on any atom is -0.321 e. The van der Waals surface area contributed by atoms with E-state index in [1.165, 1.54) is 0 Å². The van der Waals surface area contributed by atoms with Gasteiger partial charge in [-0.25, -0.2) is 0 Å². The van der Waals surface area contributed by atoms with Gasteiger partial charge in [0.15, 0.2) is 0 Å². The van der Waals surface area contributed by atoms with Crippen molar-refractivity contribution in [3.8, 4) is 0 Å². The third kappa shape index (κ3) is 3.37. The summed E-state index contributed by atoms with van der Waals surface area (Å²) in [6.45, 7) is 1.96. The summed E-state index contributed by atoms with van der Waals surface area (Å²) in [5.41, 5.74) is 2.07. The third-order valence-electron chi connectivity index (χ3n) is 2.72. The maximum atomic E-state index is 12.2.